The number of ether oxygens (including phenoxy) is 1. The molecule has 0 unspecified atom stereocenters. The number of hydrogen-bond donors (Lipinski definition) is 1. The fourth-order valence-electron chi connectivity index (χ4n) is 3.67. The van der Waals surface area contributed by atoms with Crippen LogP contribution in [0.25, 0.3) is 5.69 Å². The van der Waals surface area contributed by atoms with Crippen LogP contribution in [0.2, 0.25) is 0 Å². The summed E-state index contributed by atoms with van der Waals surface area (Å²) < 4.78 is 21.8. The quantitative estimate of drug-likeness (QED) is 0.764. The summed E-state index contributed by atoms with van der Waals surface area (Å²) in [6, 6.07) is 6.35. The third-order valence-electron chi connectivity index (χ3n) is 5.57. The third kappa shape index (κ3) is 3.67. The van der Waals surface area contributed by atoms with Crippen molar-refractivity contribution in [2.24, 2.45) is 5.92 Å². The zero-order valence-electron chi connectivity index (χ0n) is 15.7. The molecule has 2 fully saturated rings. The number of carbonyl (C=O) groups excluding carboxylic acids is 1. The van der Waals surface area contributed by atoms with E-state index >= 15 is 0 Å². The lowest BCUT2D eigenvalue weighted by atomic mass is 9.86. The van der Waals surface area contributed by atoms with Crippen LogP contribution in [0.3, 0.4) is 0 Å². The van der Waals surface area contributed by atoms with Gasteiger partial charge in [0.15, 0.2) is 0 Å². The Morgan fingerprint density at radius 2 is 2.04 bits per heavy atom. The van der Waals surface area contributed by atoms with Crippen LogP contribution in [0.5, 0.6) is 0 Å². The first-order valence-electron chi connectivity index (χ1n) is 9.53. The van der Waals surface area contributed by atoms with Crippen LogP contribution in [0, 0.1) is 18.7 Å². The van der Waals surface area contributed by atoms with Gasteiger partial charge in [0.2, 0.25) is 0 Å². The van der Waals surface area contributed by atoms with E-state index in [1.165, 1.54) is 10.7 Å². The predicted molar refractivity (Wildman–Crippen MR) is 105 cm³/mol. The number of nitrogens with zero attached hydrogens (tertiary/aromatic N) is 3. The van der Waals surface area contributed by atoms with Gasteiger partial charge in [-0.1, -0.05) is 12.1 Å². The topological polar surface area (TPSA) is 67.6 Å². The Morgan fingerprint density at radius 3 is 2.68 bits per heavy atom. The molecule has 0 bridgehead atoms. The molecular weight excluding hydrogens is 429 g/mol. The summed E-state index contributed by atoms with van der Waals surface area (Å²) in [5, 5.41) is 15.8. The number of piperidine rings is 1. The summed E-state index contributed by atoms with van der Waals surface area (Å²) in [5.41, 5.74) is 0.385. The van der Waals surface area contributed by atoms with Crippen molar-refractivity contribution in [3.8, 4) is 5.69 Å². The van der Waals surface area contributed by atoms with Gasteiger partial charge >= 0.3 is 6.09 Å². The average Bonchev–Trinajstić information content (AvgIpc) is 3.46. The van der Waals surface area contributed by atoms with Crippen molar-refractivity contribution in [3.05, 3.63) is 45.9 Å². The van der Waals surface area contributed by atoms with Gasteiger partial charge < -0.3 is 14.7 Å². The van der Waals surface area contributed by atoms with Gasteiger partial charge in [-0.05, 0) is 66.6 Å². The Kier molecular flexibility index (Phi) is 5.18. The Bertz CT molecular complexity index is 889. The van der Waals surface area contributed by atoms with E-state index < -0.39 is 11.4 Å². The minimum Gasteiger partial charge on any atom is -0.449 e. The van der Waals surface area contributed by atoms with Crippen LogP contribution >= 0.6 is 15.9 Å². The van der Waals surface area contributed by atoms with Crippen LogP contribution in [0.15, 0.2) is 28.9 Å². The Morgan fingerprint density at radius 1 is 1.36 bits per heavy atom. The number of likely N-dealkylation sites (tertiary alicyclic amines) is 1. The fourth-order valence-corrected chi connectivity index (χ4v) is 4.02. The molecule has 28 heavy (non-hydrogen) atoms. The zero-order chi connectivity index (χ0) is 19.9. The maximum absolute atomic E-state index is 14.4. The van der Waals surface area contributed by atoms with Crippen molar-refractivity contribution < 1.29 is 19.0 Å². The van der Waals surface area contributed by atoms with Crippen molar-refractivity contribution in [1.29, 1.82) is 0 Å². The highest BCUT2D eigenvalue weighted by Crippen LogP contribution is 2.39. The molecule has 1 saturated heterocycles. The molecule has 1 saturated carbocycles. The van der Waals surface area contributed by atoms with Crippen LogP contribution in [-0.2, 0) is 10.3 Å². The van der Waals surface area contributed by atoms with E-state index in [1.54, 1.807) is 23.1 Å². The molecule has 6 nitrogen and oxygen atoms in total. The van der Waals surface area contributed by atoms with Gasteiger partial charge in [0.1, 0.15) is 21.7 Å². The first-order chi connectivity index (χ1) is 13.4. The van der Waals surface area contributed by atoms with E-state index in [0.717, 1.165) is 18.4 Å². The molecule has 1 aliphatic carbocycles. The second-order valence-corrected chi connectivity index (χ2v) is 8.42. The zero-order valence-corrected chi connectivity index (χ0v) is 17.3. The Hall–Kier alpha value is -1.93. The summed E-state index contributed by atoms with van der Waals surface area (Å²) >= 11 is 3.40. The van der Waals surface area contributed by atoms with Gasteiger partial charge in [-0.25, -0.2) is 13.9 Å². The molecule has 4 rings (SSSR count). The number of halogens is 2. The van der Waals surface area contributed by atoms with E-state index in [1.807, 2.05) is 6.92 Å². The number of carbonyl (C=O) groups is 1. The number of aromatic nitrogens is 2. The smallest absolute Gasteiger partial charge is 0.409 e. The van der Waals surface area contributed by atoms with Crippen molar-refractivity contribution >= 4 is 22.0 Å². The number of benzene rings is 1. The fraction of sp³-hybridized carbons (Fsp3) is 0.500. The number of hydrogen-bond acceptors (Lipinski definition) is 4. The molecule has 8 heteroatoms. The number of para-hydroxylation sites is 1. The number of amides is 1. The molecule has 1 aliphatic heterocycles. The summed E-state index contributed by atoms with van der Waals surface area (Å²) in [6.07, 6.45) is 2.59. The molecule has 2 heterocycles. The summed E-state index contributed by atoms with van der Waals surface area (Å²) in [4.78, 5) is 13.9. The van der Waals surface area contributed by atoms with Gasteiger partial charge in [-0.2, -0.15) is 5.10 Å². The lowest BCUT2D eigenvalue weighted by Crippen LogP contribution is -2.46. The molecule has 2 aliphatic rings. The molecule has 150 valence electrons. The van der Waals surface area contributed by atoms with Gasteiger partial charge in [-0.3, -0.25) is 0 Å². The minimum absolute atomic E-state index is 0.283. The van der Waals surface area contributed by atoms with E-state index in [0.29, 0.717) is 48.8 Å². The van der Waals surface area contributed by atoms with Crippen LogP contribution in [0.1, 0.15) is 36.9 Å². The molecular formula is C20H23BrFN3O3. The standard InChI is InChI=1S/C20H23BrFN3O3/c1-13-17(25(23-18(13)21)16-5-3-2-4-15(16)22)20(27)8-10-24(11-9-20)19(26)28-12-14-6-7-14/h2-5,14,27H,6-12H2,1H3. The van der Waals surface area contributed by atoms with Gasteiger partial charge in [-0.15, -0.1) is 0 Å². The van der Waals surface area contributed by atoms with E-state index in [-0.39, 0.29) is 11.8 Å². The molecule has 2 aromatic rings. The molecule has 1 aromatic carbocycles. The first-order valence-corrected chi connectivity index (χ1v) is 10.3. The second-order valence-electron chi connectivity index (χ2n) is 7.67. The Balaban J connectivity index is 1.56. The van der Waals surface area contributed by atoms with Crippen LogP contribution < -0.4 is 0 Å². The van der Waals surface area contributed by atoms with Gasteiger partial charge in [0.25, 0.3) is 0 Å². The highest BCUT2D eigenvalue weighted by molar-refractivity contribution is 9.10. The number of aliphatic hydroxyl groups is 1. The third-order valence-corrected chi connectivity index (χ3v) is 6.33. The Labute approximate surface area is 171 Å². The molecule has 0 atom stereocenters. The van der Waals surface area contributed by atoms with Crippen molar-refractivity contribution in [3.63, 3.8) is 0 Å². The summed E-state index contributed by atoms with van der Waals surface area (Å²) in [5.74, 6) is 0.101. The van der Waals surface area contributed by atoms with E-state index in [9.17, 15) is 14.3 Å². The van der Waals surface area contributed by atoms with Crippen LogP contribution in [0.4, 0.5) is 9.18 Å². The lowest BCUT2D eigenvalue weighted by molar-refractivity contribution is -0.0304. The highest BCUT2D eigenvalue weighted by Gasteiger charge is 2.41. The highest BCUT2D eigenvalue weighted by atomic mass is 79.9. The summed E-state index contributed by atoms with van der Waals surface area (Å²) in [6.45, 7) is 3.07. The maximum atomic E-state index is 14.4. The molecule has 0 radical (unpaired) electrons. The van der Waals surface area contributed by atoms with Gasteiger partial charge in [0.05, 0.1) is 12.3 Å². The second kappa shape index (κ2) is 7.48. The summed E-state index contributed by atoms with van der Waals surface area (Å²) in [7, 11) is 0. The normalized spacial score (nSPS) is 18.9. The molecule has 1 amide bonds. The lowest BCUT2D eigenvalue weighted by Gasteiger charge is -2.38. The molecule has 1 N–H and O–H groups in total. The predicted octanol–water partition coefficient (Wildman–Crippen LogP) is 3.91. The minimum atomic E-state index is -1.21. The largest absolute Gasteiger partial charge is 0.449 e. The monoisotopic (exact) mass is 451 g/mol. The van der Waals surface area contributed by atoms with E-state index in [4.69, 9.17) is 4.74 Å². The van der Waals surface area contributed by atoms with Crippen LogP contribution in [-0.4, -0.2) is 45.6 Å². The maximum Gasteiger partial charge on any atom is 0.409 e. The first kappa shape index (κ1) is 19.4. The average molecular weight is 452 g/mol. The van der Waals surface area contributed by atoms with Crippen molar-refractivity contribution in [2.45, 2.75) is 38.2 Å². The van der Waals surface area contributed by atoms with Gasteiger partial charge in [0, 0.05) is 18.7 Å². The SMILES string of the molecule is Cc1c(Br)nn(-c2ccccc2F)c1C1(O)CCN(C(=O)OCC2CC2)CC1. The van der Waals surface area contributed by atoms with E-state index in [2.05, 4.69) is 21.0 Å². The molecule has 0 spiro atoms. The molecule has 1 aromatic heterocycles. The number of rotatable bonds is 4. The van der Waals surface area contributed by atoms with Crippen molar-refractivity contribution in [2.75, 3.05) is 19.7 Å². The van der Waals surface area contributed by atoms with Crippen molar-refractivity contribution in [1.82, 2.24) is 14.7 Å².